The maximum Gasteiger partial charge on any atom is 0.309 e. The summed E-state index contributed by atoms with van der Waals surface area (Å²) in [5.74, 6) is -0.830. The lowest BCUT2D eigenvalue weighted by Gasteiger charge is -2.17. The summed E-state index contributed by atoms with van der Waals surface area (Å²) in [7, 11) is -3.19. The Morgan fingerprint density at radius 1 is 1.53 bits per heavy atom. The molecule has 0 aromatic heterocycles. The van der Waals surface area contributed by atoms with Crippen LogP contribution < -0.4 is 0 Å². The number of rotatable bonds is 7. The Bertz CT molecular complexity index is 244. The van der Waals surface area contributed by atoms with Crippen molar-refractivity contribution in [1.29, 1.82) is 0 Å². The smallest absolute Gasteiger partial charge is 0.309 e. The fourth-order valence-electron chi connectivity index (χ4n) is 1.20. The minimum absolute atomic E-state index is 0.0218. The van der Waals surface area contributed by atoms with Crippen LogP contribution in [0.1, 0.15) is 20.3 Å². The average Bonchev–Trinajstić information content (AvgIpc) is 2.14. The van der Waals surface area contributed by atoms with E-state index in [4.69, 9.17) is 4.74 Å². The number of carbonyl (C=O) groups is 1. The van der Waals surface area contributed by atoms with E-state index in [1.165, 1.54) is 0 Å². The molecule has 0 bridgehead atoms. The zero-order valence-electron chi connectivity index (χ0n) is 9.11. The zero-order valence-corrected chi connectivity index (χ0v) is 11.6. The molecule has 0 rings (SSSR count). The Kier molecular flexibility index (Phi) is 7.49. The first kappa shape index (κ1) is 15.1. The summed E-state index contributed by atoms with van der Waals surface area (Å²) in [6.07, 6.45) is 0.752. The van der Waals surface area contributed by atoms with E-state index in [1.54, 1.807) is 6.92 Å². The second kappa shape index (κ2) is 7.42. The highest BCUT2D eigenvalue weighted by Gasteiger charge is 2.27. The van der Waals surface area contributed by atoms with Gasteiger partial charge in [0.2, 0.25) is 7.37 Å². The molecule has 0 saturated heterocycles. The molecule has 1 N–H and O–H groups in total. The second-order valence-electron chi connectivity index (χ2n) is 3.30. The summed E-state index contributed by atoms with van der Waals surface area (Å²) in [6, 6.07) is 0. The lowest BCUT2D eigenvalue weighted by Crippen LogP contribution is -2.21. The van der Waals surface area contributed by atoms with Gasteiger partial charge >= 0.3 is 5.97 Å². The summed E-state index contributed by atoms with van der Waals surface area (Å²) >= 11 is 3.12. The van der Waals surface area contributed by atoms with Gasteiger partial charge in [-0.05, 0) is 13.3 Å². The van der Waals surface area contributed by atoms with Crippen LogP contribution in [0.4, 0.5) is 0 Å². The van der Waals surface area contributed by atoms with Gasteiger partial charge in [-0.1, -0.05) is 22.9 Å². The summed E-state index contributed by atoms with van der Waals surface area (Å²) in [6.45, 7) is 3.85. The normalized spacial score (nSPS) is 16.8. The SMILES string of the molecule is CCOC(=O)C(CC)CP(=O)(O)CCBr. The highest BCUT2D eigenvalue weighted by molar-refractivity contribution is 9.09. The number of alkyl halides is 1. The number of carbonyl (C=O) groups excluding carboxylic acids is 1. The lowest BCUT2D eigenvalue weighted by molar-refractivity contribution is -0.147. The van der Waals surface area contributed by atoms with E-state index >= 15 is 0 Å². The number of hydrogen-bond donors (Lipinski definition) is 1. The molecular weight excluding hydrogens is 283 g/mol. The topological polar surface area (TPSA) is 63.6 Å². The van der Waals surface area contributed by atoms with Crippen molar-refractivity contribution in [1.82, 2.24) is 0 Å². The number of hydrogen-bond acceptors (Lipinski definition) is 3. The minimum Gasteiger partial charge on any atom is -0.466 e. The summed E-state index contributed by atoms with van der Waals surface area (Å²) in [5.41, 5.74) is 0. The number of ether oxygens (including phenoxy) is 1. The van der Waals surface area contributed by atoms with Gasteiger partial charge in [0.15, 0.2) is 0 Å². The average molecular weight is 301 g/mol. The maximum absolute atomic E-state index is 11.6. The van der Waals surface area contributed by atoms with Crippen molar-refractivity contribution < 1.29 is 19.0 Å². The summed E-state index contributed by atoms with van der Waals surface area (Å²) in [5, 5.41) is 0.472. The fraction of sp³-hybridized carbons (Fsp3) is 0.889. The molecular formula is C9H18BrO4P. The van der Waals surface area contributed by atoms with Crippen LogP contribution in [0.25, 0.3) is 0 Å². The van der Waals surface area contributed by atoms with Gasteiger partial charge in [0.05, 0.1) is 12.5 Å². The molecule has 0 radical (unpaired) electrons. The monoisotopic (exact) mass is 300 g/mol. The van der Waals surface area contributed by atoms with Crippen molar-refractivity contribution in [3.8, 4) is 0 Å². The standard InChI is InChI=1S/C9H18BrO4P/c1-3-8(9(11)14-4-2)7-15(12,13)6-5-10/h8H,3-7H2,1-2H3,(H,12,13). The van der Waals surface area contributed by atoms with Gasteiger partial charge in [-0.25, -0.2) is 0 Å². The molecule has 15 heavy (non-hydrogen) atoms. The molecule has 0 aromatic carbocycles. The Morgan fingerprint density at radius 3 is 2.53 bits per heavy atom. The first-order valence-corrected chi connectivity index (χ1v) is 8.15. The van der Waals surface area contributed by atoms with Crippen LogP contribution in [-0.4, -0.2) is 35.1 Å². The highest BCUT2D eigenvalue weighted by Crippen LogP contribution is 2.43. The van der Waals surface area contributed by atoms with Crippen LogP contribution in [-0.2, 0) is 14.1 Å². The molecule has 0 spiro atoms. The van der Waals surface area contributed by atoms with Gasteiger partial charge < -0.3 is 9.63 Å². The molecule has 4 nitrogen and oxygen atoms in total. The third-order valence-electron chi connectivity index (χ3n) is 2.05. The van der Waals surface area contributed by atoms with E-state index in [0.29, 0.717) is 18.4 Å². The summed E-state index contributed by atoms with van der Waals surface area (Å²) in [4.78, 5) is 20.9. The van der Waals surface area contributed by atoms with E-state index in [1.807, 2.05) is 6.92 Å². The van der Waals surface area contributed by atoms with Gasteiger partial charge in [-0.3, -0.25) is 9.36 Å². The Balaban J connectivity index is 4.32. The molecule has 0 saturated carbocycles. The molecule has 0 heterocycles. The maximum atomic E-state index is 11.6. The Labute approximate surface area is 99.0 Å². The summed E-state index contributed by atoms with van der Waals surface area (Å²) < 4.78 is 16.4. The number of esters is 1. The third-order valence-corrected chi connectivity index (χ3v) is 5.00. The van der Waals surface area contributed by atoms with Gasteiger partial charge in [0.25, 0.3) is 0 Å². The van der Waals surface area contributed by atoms with Gasteiger partial charge in [0, 0.05) is 17.7 Å². The van der Waals surface area contributed by atoms with Crippen molar-refractivity contribution in [2.24, 2.45) is 5.92 Å². The second-order valence-corrected chi connectivity index (χ2v) is 6.60. The molecule has 2 unspecified atom stereocenters. The van der Waals surface area contributed by atoms with Crippen LogP contribution in [0, 0.1) is 5.92 Å². The zero-order chi connectivity index (χ0) is 11.9. The van der Waals surface area contributed by atoms with Crippen molar-refractivity contribution in [3.05, 3.63) is 0 Å². The predicted octanol–water partition coefficient (Wildman–Crippen LogP) is 2.24. The molecule has 0 amide bonds. The van der Waals surface area contributed by atoms with E-state index in [9.17, 15) is 14.3 Å². The highest BCUT2D eigenvalue weighted by atomic mass is 79.9. The Morgan fingerprint density at radius 2 is 2.13 bits per heavy atom. The minimum atomic E-state index is -3.19. The van der Waals surface area contributed by atoms with Crippen LogP contribution >= 0.6 is 23.3 Å². The van der Waals surface area contributed by atoms with Gasteiger partial charge in [0.1, 0.15) is 0 Å². The number of halogens is 1. The Hall–Kier alpha value is 0.140. The molecule has 0 aliphatic rings. The van der Waals surface area contributed by atoms with Gasteiger partial charge in [-0.2, -0.15) is 0 Å². The molecule has 0 fully saturated rings. The van der Waals surface area contributed by atoms with E-state index < -0.39 is 13.3 Å². The van der Waals surface area contributed by atoms with Gasteiger partial charge in [-0.15, -0.1) is 0 Å². The first-order chi connectivity index (χ1) is 6.96. The van der Waals surface area contributed by atoms with Crippen LogP contribution in [0.3, 0.4) is 0 Å². The van der Waals surface area contributed by atoms with Crippen LogP contribution in [0.15, 0.2) is 0 Å². The van der Waals surface area contributed by atoms with Crippen molar-refractivity contribution >= 4 is 29.3 Å². The van der Waals surface area contributed by atoms with E-state index in [0.717, 1.165) is 0 Å². The molecule has 6 heteroatoms. The fourth-order valence-corrected chi connectivity index (χ4v) is 4.40. The van der Waals surface area contributed by atoms with E-state index in [2.05, 4.69) is 15.9 Å². The predicted molar refractivity (Wildman–Crippen MR) is 63.8 cm³/mol. The first-order valence-electron chi connectivity index (χ1n) is 5.00. The van der Waals surface area contributed by atoms with Crippen LogP contribution in [0.2, 0.25) is 0 Å². The van der Waals surface area contributed by atoms with Crippen molar-refractivity contribution in [2.45, 2.75) is 20.3 Å². The largest absolute Gasteiger partial charge is 0.466 e. The molecule has 2 atom stereocenters. The van der Waals surface area contributed by atoms with E-state index in [-0.39, 0.29) is 18.3 Å². The quantitative estimate of drug-likeness (QED) is 0.445. The van der Waals surface area contributed by atoms with Crippen LogP contribution in [0.5, 0.6) is 0 Å². The van der Waals surface area contributed by atoms with Crippen molar-refractivity contribution in [3.63, 3.8) is 0 Å². The van der Waals surface area contributed by atoms with Crippen molar-refractivity contribution in [2.75, 3.05) is 24.3 Å². The third kappa shape index (κ3) is 6.33. The molecule has 90 valence electrons. The molecule has 0 aliphatic carbocycles. The molecule has 0 aromatic rings. The molecule has 0 aliphatic heterocycles. The lowest BCUT2D eigenvalue weighted by atomic mass is 10.1.